The summed E-state index contributed by atoms with van der Waals surface area (Å²) in [7, 11) is -13.7. The predicted octanol–water partition coefficient (Wildman–Crippen LogP) is 3.72. The molecule has 2 aromatic heterocycles. The Bertz CT molecular complexity index is 1380. The molecule has 0 amide bonds. The van der Waals surface area contributed by atoms with Crippen LogP contribution >= 0.6 is 11.3 Å². The molecule has 0 atom stereocenters. The summed E-state index contributed by atoms with van der Waals surface area (Å²) >= 11 is 0.219. The summed E-state index contributed by atoms with van der Waals surface area (Å²) in [5.74, 6) is 0. The number of hydrogen-bond donors (Lipinski definition) is 0. The fourth-order valence-electron chi connectivity index (χ4n) is 2.82. The Kier molecular flexibility index (Phi) is 6.46. The minimum absolute atomic E-state index is 0.0321. The van der Waals surface area contributed by atoms with Crippen molar-refractivity contribution >= 4 is 55.2 Å². The van der Waals surface area contributed by atoms with Gasteiger partial charge in [-0.3, -0.25) is 0 Å². The van der Waals surface area contributed by atoms with Crippen LogP contribution in [0.1, 0.15) is 5.56 Å². The van der Waals surface area contributed by atoms with E-state index in [-0.39, 0.29) is 9.82 Å². The molecule has 3 aromatic rings. The number of rotatable bonds is 5. The van der Waals surface area contributed by atoms with E-state index in [1.54, 1.807) is 12.1 Å². The molecule has 15 heteroatoms. The molecular weight excluding hydrogens is 573 g/mol. The number of fused-ring (bicyclic) bond motifs is 1. The van der Waals surface area contributed by atoms with Gasteiger partial charge in [0.15, 0.2) is 0 Å². The molecular formula is C17H10F6O5S3Se. The average molecular weight is 583 g/mol. The van der Waals surface area contributed by atoms with Crippen LogP contribution in [-0.4, -0.2) is 46.9 Å². The number of halogens is 6. The van der Waals surface area contributed by atoms with Gasteiger partial charge in [0.2, 0.25) is 0 Å². The SMILES string of the molecule is O=c1c(CC(S(=O)(=O)C(F)(F)F)S(=O)(=O)C(F)(F)F)c(-c2cccs2)[se]c2ccccc12. The molecule has 0 N–H and O–H groups in total. The second kappa shape index (κ2) is 8.28. The third kappa shape index (κ3) is 4.28. The molecule has 0 aliphatic heterocycles. The van der Waals surface area contributed by atoms with E-state index < -0.39 is 67.2 Å². The topological polar surface area (TPSA) is 85.3 Å². The quantitative estimate of drug-likeness (QED) is 0.338. The van der Waals surface area contributed by atoms with Gasteiger partial charge < -0.3 is 0 Å². The van der Waals surface area contributed by atoms with E-state index in [0.29, 0.717) is 9.14 Å². The maximum atomic E-state index is 13.1. The van der Waals surface area contributed by atoms with Crippen molar-refractivity contribution in [3.05, 3.63) is 57.6 Å². The molecule has 0 radical (unpaired) electrons. The standard InChI is InChI=1S/C17H10F6O5S3Se/c18-16(19,20)30(25,26)13(31(27,28)17(21,22)23)8-10-14(24)9-4-1-2-6-12(9)32-15(10)11-5-3-7-29-11/h1-7,13H,8H2. The molecule has 0 aliphatic carbocycles. The predicted molar refractivity (Wildman–Crippen MR) is 108 cm³/mol. The fourth-order valence-corrected chi connectivity index (χ4v) is 9.71. The van der Waals surface area contributed by atoms with Gasteiger partial charge in [-0.2, -0.15) is 0 Å². The van der Waals surface area contributed by atoms with E-state index in [0.717, 1.165) is 11.3 Å². The van der Waals surface area contributed by atoms with Crippen LogP contribution in [0.2, 0.25) is 0 Å². The average Bonchev–Trinajstić information content (AvgIpc) is 3.19. The van der Waals surface area contributed by atoms with Gasteiger partial charge in [0.05, 0.1) is 0 Å². The molecule has 0 spiro atoms. The molecule has 0 unspecified atom stereocenters. The zero-order chi connectivity index (χ0) is 24.1. The van der Waals surface area contributed by atoms with Crippen molar-refractivity contribution in [1.82, 2.24) is 0 Å². The van der Waals surface area contributed by atoms with Crippen molar-refractivity contribution in [2.45, 2.75) is 22.0 Å². The number of sulfone groups is 2. The summed E-state index contributed by atoms with van der Waals surface area (Å²) in [6.45, 7) is 0. The molecule has 0 fully saturated rings. The summed E-state index contributed by atoms with van der Waals surface area (Å²) in [6, 6.07) is 8.80. The first-order valence-electron chi connectivity index (χ1n) is 8.28. The molecule has 32 heavy (non-hydrogen) atoms. The molecule has 0 saturated heterocycles. The Balaban J connectivity index is 2.37. The van der Waals surface area contributed by atoms with E-state index in [1.807, 2.05) is 0 Å². The van der Waals surface area contributed by atoms with Gasteiger partial charge in [-0.05, 0) is 0 Å². The van der Waals surface area contributed by atoms with Gasteiger partial charge >= 0.3 is 187 Å². The van der Waals surface area contributed by atoms with Gasteiger partial charge in [0, 0.05) is 0 Å². The van der Waals surface area contributed by atoms with Gasteiger partial charge in [-0.1, -0.05) is 0 Å². The second-order valence-corrected chi connectivity index (χ2v) is 14.0. The van der Waals surface area contributed by atoms with E-state index in [2.05, 4.69) is 0 Å². The summed E-state index contributed by atoms with van der Waals surface area (Å²) in [6.07, 6.45) is -1.79. The van der Waals surface area contributed by atoms with E-state index in [1.165, 1.54) is 29.6 Å². The molecule has 0 saturated carbocycles. The van der Waals surface area contributed by atoms with E-state index in [9.17, 15) is 48.0 Å². The maximum absolute atomic E-state index is 13.1. The Morgan fingerprint density at radius 2 is 1.44 bits per heavy atom. The molecule has 0 aliphatic rings. The monoisotopic (exact) mass is 584 g/mol. The zero-order valence-electron chi connectivity index (χ0n) is 15.3. The van der Waals surface area contributed by atoms with Crippen LogP contribution in [-0.2, 0) is 26.1 Å². The summed E-state index contributed by atoms with van der Waals surface area (Å²) in [5, 5.41) is 1.51. The Morgan fingerprint density at radius 1 is 0.875 bits per heavy atom. The zero-order valence-corrected chi connectivity index (χ0v) is 19.4. The van der Waals surface area contributed by atoms with Crippen molar-refractivity contribution in [3.63, 3.8) is 0 Å². The summed E-state index contributed by atoms with van der Waals surface area (Å²) < 4.78 is 123. The summed E-state index contributed by atoms with van der Waals surface area (Å²) in [5.41, 5.74) is -14.3. The fraction of sp³-hybridized carbons (Fsp3) is 0.235. The third-order valence-electron chi connectivity index (χ3n) is 4.35. The van der Waals surface area contributed by atoms with Crippen molar-refractivity contribution in [2.75, 3.05) is 0 Å². The molecule has 1 aromatic carbocycles. The van der Waals surface area contributed by atoms with Gasteiger partial charge in [0.25, 0.3) is 0 Å². The van der Waals surface area contributed by atoms with Crippen molar-refractivity contribution in [3.8, 4) is 9.31 Å². The molecule has 0 bridgehead atoms. The van der Waals surface area contributed by atoms with Crippen LogP contribution in [0.3, 0.4) is 0 Å². The van der Waals surface area contributed by atoms with Gasteiger partial charge in [0.1, 0.15) is 0 Å². The van der Waals surface area contributed by atoms with E-state index in [4.69, 9.17) is 0 Å². The van der Waals surface area contributed by atoms with Crippen LogP contribution in [0.15, 0.2) is 46.6 Å². The van der Waals surface area contributed by atoms with Crippen LogP contribution in [0.5, 0.6) is 0 Å². The minimum atomic E-state index is -6.86. The van der Waals surface area contributed by atoms with Crippen molar-refractivity contribution in [2.24, 2.45) is 0 Å². The van der Waals surface area contributed by atoms with E-state index >= 15 is 0 Å². The Labute approximate surface area is 186 Å². The first-order valence-corrected chi connectivity index (χ1v) is 14.0. The normalized spacial score (nSPS) is 13.7. The summed E-state index contributed by atoms with van der Waals surface area (Å²) in [4.78, 5) is 13.3. The first-order chi connectivity index (χ1) is 14.6. The van der Waals surface area contributed by atoms with Crippen molar-refractivity contribution < 1.29 is 43.2 Å². The number of alkyl halides is 6. The Morgan fingerprint density at radius 3 is 1.94 bits per heavy atom. The number of hydrogen-bond acceptors (Lipinski definition) is 6. The van der Waals surface area contributed by atoms with Crippen LogP contribution in [0.25, 0.3) is 19.0 Å². The van der Waals surface area contributed by atoms with Crippen LogP contribution in [0.4, 0.5) is 26.3 Å². The Hall–Kier alpha value is -1.67. The van der Waals surface area contributed by atoms with Crippen molar-refractivity contribution in [1.29, 1.82) is 0 Å². The number of thiophene rings is 1. The van der Waals surface area contributed by atoms with Gasteiger partial charge in [-0.15, -0.1) is 0 Å². The second-order valence-electron chi connectivity index (χ2n) is 6.33. The van der Waals surface area contributed by atoms with Crippen LogP contribution < -0.4 is 5.43 Å². The molecule has 5 nitrogen and oxygen atoms in total. The molecule has 3 rings (SSSR count). The third-order valence-corrected chi connectivity index (χ3v) is 12.7. The number of benzene rings is 1. The van der Waals surface area contributed by atoms with Crippen LogP contribution in [0, 0.1) is 0 Å². The molecule has 2 heterocycles. The van der Waals surface area contributed by atoms with Gasteiger partial charge in [-0.25, -0.2) is 0 Å². The first kappa shape index (κ1) is 25.0. The molecule has 174 valence electrons.